The smallest absolute Gasteiger partial charge is 0.410 e. The van der Waals surface area contributed by atoms with Crippen molar-refractivity contribution >= 4 is 35.3 Å². The summed E-state index contributed by atoms with van der Waals surface area (Å²) < 4.78 is 11.2. The monoisotopic (exact) mass is 586 g/mol. The molecule has 4 aromatic rings. The van der Waals surface area contributed by atoms with Gasteiger partial charge < -0.3 is 24.8 Å². The molecule has 0 aliphatic heterocycles. The number of ether oxygens (including phenoxy) is 2. The van der Waals surface area contributed by atoms with Gasteiger partial charge in [0.2, 0.25) is 0 Å². The van der Waals surface area contributed by atoms with Crippen LogP contribution in [0.2, 0.25) is 5.02 Å². The highest BCUT2D eigenvalue weighted by Gasteiger charge is 2.20. The average Bonchev–Trinajstić information content (AvgIpc) is 2.99. The lowest BCUT2D eigenvalue weighted by Gasteiger charge is -2.23. The fraction of sp³-hybridized carbons (Fsp3) is 0.182. The van der Waals surface area contributed by atoms with Crippen LogP contribution in [0.1, 0.15) is 34.0 Å². The van der Waals surface area contributed by atoms with Crippen LogP contribution >= 0.6 is 11.6 Å². The van der Waals surface area contributed by atoms with Crippen LogP contribution in [0.4, 0.5) is 10.5 Å². The van der Waals surface area contributed by atoms with Crippen molar-refractivity contribution in [1.82, 2.24) is 4.90 Å². The second-order valence-electron chi connectivity index (χ2n) is 9.49. The Morgan fingerprint density at radius 1 is 0.881 bits per heavy atom. The predicted octanol–water partition coefficient (Wildman–Crippen LogP) is 7.05. The number of benzene rings is 4. The summed E-state index contributed by atoms with van der Waals surface area (Å²) in [4.78, 5) is 39.0. The summed E-state index contributed by atoms with van der Waals surface area (Å²) in [5, 5.41) is 12.8. The number of rotatable bonds is 11. The molecular weight excluding hydrogens is 556 g/mol. The first-order valence-electron chi connectivity index (χ1n) is 13.3. The number of nitrogens with one attached hydrogen (secondary N) is 1. The summed E-state index contributed by atoms with van der Waals surface area (Å²) in [6.45, 7) is 2.51. The number of hydrogen-bond donors (Lipinski definition) is 2. The van der Waals surface area contributed by atoms with Crippen LogP contribution in [-0.4, -0.2) is 41.6 Å². The molecule has 0 aliphatic carbocycles. The van der Waals surface area contributed by atoms with Gasteiger partial charge >= 0.3 is 12.1 Å². The topological polar surface area (TPSA) is 105 Å². The molecule has 2 amide bonds. The molecule has 216 valence electrons. The fourth-order valence-electron chi connectivity index (χ4n) is 4.44. The van der Waals surface area contributed by atoms with E-state index in [0.717, 1.165) is 11.1 Å². The molecule has 0 unspecified atom stereocenters. The van der Waals surface area contributed by atoms with Gasteiger partial charge in [-0.25, -0.2) is 4.79 Å². The molecule has 0 bridgehead atoms. The van der Waals surface area contributed by atoms with Gasteiger partial charge in [0.15, 0.2) is 0 Å². The van der Waals surface area contributed by atoms with Crippen molar-refractivity contribution in [2.75, 3.05) is 19.0 Å². The normalized spacial score (nSPS) is 10.5. The first-order valence-corrected chi connectivity index (χ1v) is 13.7. The van der Waals surface area contributed by atoms with E-state index in [9.17, 15) is 19.5 Å². The standard InChI is InChI=1S/C33H31ClN2O6/c1-3-36(33(40)42-21-22-7-5-4-6-8-22)20-25-19-27(35-32(39)24-10-12-26(34)13-11-24)14-15-28(25)29-17-23(18-31(37)38)9-16-30(29)41-2/h4-17,19H,3,18,20-21H2,1-2H3,(H,35,39)(H,37,38). The lowest BCUT2D eigenvalue weighted by atomic mass is 9.95. The zero-order chi connectivity index (χ0) is 30.1. The minimum Gasteiger partial charge on any atom is -0.496 e. The van der Waals surface area contributed by atoms with Crippen LogP contribution in [0.3, 0.4) is 0 Å². The van der Waals surface area contributed by atoms with Crippen molar-refractivity contribution in [2.45, 2.75) is 26.5 Å². The molecule has 0 aromatic heterocycles. The highest BCUT2D eigenvalue weighted by molar-refractivity contribution is 6.30. The molecule has 0 atom stereocenters. The van der Waals surface area contributed by atoms with Crippen molar-refractivity contribution in [3.8, 4) is 16.9 Å². The van der Waals surface area contributed by atoms with Gasteiger partial charge in [0.1, 0.15) is 12.4 Å². The molecular formula is C33H31ClN2O6. The molecule has 42 heavy (non-hydrogen) atoms. The average molecular weight is 587 g/mol. The van der Waals surface area contributed by atoms with E-state index in [2.05, 4.69) is 5.32 Å². The summed E-state index contributed by atoms with van der Waals surface area (Å²) in [6.07, 6.45) is -0.649. The third-order valence-corrected chi connectivity index (χ3v) is 6.84. The zero-order valence-electron chi connectivity index (χ0n) is 23.3. The van der Waals surface area contributed by atoms with Crippen molar-refractivity contribution in [2.24, 2.45) is 0 Å². The summed E-state index contributed by atoms with van der Waals surface area (Å²) in [6, 6.07) is 26.5. The molecule has 0 radical (unpaired) electrons. The number of aliphatic carboxylic acids is 1. The van der Waals surface area contributed by atoms with Gasteiger partial charge in [-0.3, -0.25) is 9.59 Å². The Bertz CT molecular complexity index is 1560. The second kappa shape index (κ2) is 14.2. The number of carboxylic acid groups (broad SMARTS) is 1. The summed E-state index contributed by atoms with van der Waals surface area (Å²) >= 11 is 5.96. The molecule has 4 aromatic carbocycles. The lowest BCUT2D eigenvalue weighted by molar-refractivity contribution is -0.136. The number of hydrogen-bond acceptors (Lipinski definition) is 5. The van der Waals surface area contributed by atoms with E-state index in [-0.39, 0.29) is 25.5 Å². The van der Waals surface area contributed by atoms with Crippen LogP contribution in [0, 0.1) is 0 Å². The van der Waals surface area contributed by atoms with Crippen molar-refractivity contribution in [1.29, 1.82) is 0 Å². The van der Waals surface area contributed by atoms with E-state index in [1.807, 2.05) is 43.3 Å². The Hall–Kier alpha value is -4.82. The van der Waals surface area contributed by atoms with Crippen molar-refractivity contribution in [3.05, 3.63) is 118 Å². The van der Waals surface area contributed by atoms with Gasteiger partial charge in [-0.2, -0.15) is 0 Å². The first kappa shape index (κ1) is 30.1. The third-order valence-electron chi connectivity index (χ3n) is 6.59. The molecule has 2 N–H and O–H groups in total. The van der Waals surface area contributed by atoms with Crippen molar-refractivity contribution < 1.29 is 29.0 Å². The summed E-state index contributed by atoms with van der Waals surface area (Å²) in [5.74, 6) is -0.732. The maximum absolute atomic E-state index is 13.1. The maximum Gasteiger partial charge on any atom is 0.410 e. The van der Waals surface area contributed by atoms with Gasteiger partial charge in [0.25, 0.3) is 5.91 Å². The highest BCUT2D eigenvalue weighted by Crippen LogP contribution is 2.35. The number of carbonyl (C=O) groups is 3. The number of carboxylic acids is 1. The molecule has 0 saturated heterocycles. The first-order chi connectivity index (χ1) is 20.3. The van der Waals surface area contributed by atoms with E-state index < -0.39 is 12.1 Å². The van der Waals surface area contributed by atoms with E-state index >= 15 is 0 Å². The van der Waals surface area contributed by atoms with E-state index in [1.165, 1.54) is 7.11 Å². The quantitative estimate of drug-likeness (QED) is 0.195. The number of anilines is 1. The van der Waals surface area contributed by atoms with Gasteiger partial charge in [0.05, 0.1) is 13.5 Å². The van der Waals surface area contributed by atoms with Gasteiger partial charge in [-0.15, -0.1) is 0 Å². The Balaban J connectivity index is 1.68. The molecule has 0 saturated carbocycles. The second-order valence-corrected chi connectivity index (χ2v) is 9.93. The Kier molecular flexibility index (Phi) is 10.2. The lowest BCUT2D eigenvalue weighted by Crippen LogP contribution is -2.31. The SMILES string of the molecule is CCN(Cc1cc(NC(=O)c2ccc(Cl)cc2)ccc1-c1cc(CC(=O)O)ccc1OC)C(=O)OCc1ccccc1. The van der Waals surface area contributed by atoms with Crippen molar-refractivity contribution in [3.63, 3.8) is 0 Å². The molecule has 4 rings (SSSR count). The van der Waals surface area contributed by atoms with Crippen LogP contribution in [0.15, 0.2) is 91.0 Å². The minimum absolute atomic E-state index is 0.130. The fourth-order valence-corrected chi connectivity index (χ4v) is 4.57. The highest BCUT2D eigenvalue weighted by atomic mass is 35.5. The minimum atomic E-state index is -0.954. The van der Waals surface area contributed by atoms with Gasteiger partial charge in [-0.1, -0.05) is 54.1 Å². The van der Waals surface area contributed by atoms with Crippen LogP contribution < -0.4 is 10.1 Å². The number of nitrogens with zero attached hydrogens (tertiary/aromatic N) is 1. The maximum atomic E-state index is 13.1. The molecule has 0 spiro atoms. The Labute approximate surface area is 249 Å². The predicted molar refractivity (Wildman–Crippen MR) is 162 cm³/mol. The zero-order valence-corrected chi connectivity index (χ0v) is 24.1. The molecule has 0 aliphatic rings. The number of amides is 2. The number of halogens is 1. The Morgan fingerprint density at radius 3 is 2.29 bits per heavy atom. The summed E-state index contributed by atoms with van der Waals surface area (Å²) in [7, 11) is 1.54. The van der Waals surface area contributed by atoms with Crippen LogP contribution in [0.5, 0.6) is 5.75 Å². The van der Waals surface area contributed by atoms with Gasteiger partial charge in [0, 0.05) is 34.9 Å². The largest absolute Gasteiger partial charge is 0.496 e. The third kappa shape index (κ3) is 7.89. The van der Waals surface area contributed by atoms with E-state index in [4.69, 9.17) is 21.1 Å². The van der Waals surface area contributed by atoms with E-state index in [1.54, 1.807) is 59.5 Å². The van der Waals surface area contributed by atoms with Gasteiger partial charge in [-0.05, 0) is 77.7 Å². The van der Waals surface area contributed by atoms with Crippen LogP contribution in [0.25, 0.3) is 11.1 Å². The van der Waals surface area contributed by atoms with E-state index in [0.29, 0.717) is 45.3 Å². The summed E-state index contributed by atoms with van der Waals surface area (Å²) in [5.41, 5.74) is 4.51. The number of carbonyl (C=O) groups excluding carboxylic acids is 2. The molecule has 0 fully saturated rings. The molecule has 8 nitrogen and oxygen atoms in total. The number of methoxy groups -OCH3 is 1. The Morgan fingerprint density at radius 2 is 1.62 bits per heavy atom. The molecule has 0 heterocycles. The van der Waals surface area contributed by atoms with Crippen LogP contribution in [-0.2, 0) is 29.1 Å². The molecule has 9 heteroatoms.